The van der Waals surface area contributed by atoms with Gasteiger partial charge in [0.25, 0.3) is 11.8 Å². The van der Waals surface area contributed by atoms with Crippen molar-refractivity contribution in [3.8, 4) is 0 Å². The van der Waals surface area contributed by atoms with E-state index in [-0.39, 0.29) is 58.1 Å². The first-order valence-electron chi connectivity index (χ1n) is 15.7. The van der Waals surface area contributed by atoms with E-state index in [0.717, 1.165) is 12.8 Å². The SMILES string of the molecule is CC(C)(C)C1=CC(C=C(O)C(=O)NCCCNC(=O)C(O)=CC2C=C(C(C)(C)C)C=C(C(C)(C)C)C2)CC(C(C)(C)C)=C1. The molecule has 0 saturated carbocycles. The summed E-state index contributed by atoms with van der Waals surface area (Å²) >= 11 is 0. The highest BCUT2D eigenvalue weighted by atomic mass is 16.3. The van der Waals surface area contributed by atoms with Gasteiger partial charge in [-0.05, 0) is 64.2 Å². The molecule has 0 fully saturated rings. The molecule has 4 N–H and O–H groups in total. The summed E-state index contributed by atoms with van der Waals surface area (Å²) in [6.07, 6.45) is 14.0. The van der Waals surface area contributed by atoms with Gasteiger partial charge < -0.3 is 20.8 Å². The molecular formula is C37H58N2O4. The van der Waals surface area contributed by atoms with Crippen molar-refractivity contribution in [2.45, 2.75) is 102 Å². The zero-order valence-electron chi connectivity index (χ0n) is 28.9. The maximum Gasteiger partial charge on any atom is 0.285 e. The maximum absolute atomic E-state index is 12.6. The first-order chi connectivity index (χ1) is 19.5. The van der Waals surface area contributed by atoms with Gasteiger partial charge in [0.15, 0.2) is 11.5 Å². The summed E-state index contributed by atoms with van der Waals surface area (Å²) in [4.78, 5) is 25.2. The second kappa shape index (κ2) is 13.7. The number of aliphatic hydroxyl groups is 2. The highest BCUT2D eigenvalue weighted by molar-refractivity contribution is 5.91. The molecule has 0 bridgehead atoms. The Balaban J connectivity index is 1.92. The number of nitrogens with one attached hydrogen (secondary N) is 2. The lowest BCUT2D eigenvalue weighted by Gasteiger charge is -2.33. The molecule has 0 spiro atoms. The molecule has 0 aromatic carbocycles. The Labute approximate surface area is 261 Å². The minimum atomic E-state index is -0.534. The second-order valence-corrected chi connectivity index (χ2v) is 16.3. The Hall–Kier alpha value is -3.02. The lowest BCUT2D eigenvalue weighted by Crippen LogP contribution is -2.31. The zero-order valence-corrected chi connectivity index (χ0v) is 28.9. The molecule has 6 heteroatoms. The van der Waals surface area contributed by atoms with Crippen molar-refractivity contribution in [1.29, 1.82) is 0 Å². The summed E-state index contributed by atoms with van der Waals surface area (Å²) in [7, 11) is 0. The molecule has 0 heterocycles. The van der Waals surface area contributed by atoms with Crippen LogP contribution in [0.4, 0.5) is 0 Å². The van der Waals surface area contributed by atoms with Crippen LogP contribution >= 0.6 is 0 Å². The number of hydrogen-bond acceptors (Lipinski definition) is 4. The van der Waals surface area contributed by atoms with Crippen LogP contribution in [-0.2, 0) is 9.59 Å². The van der Waals surface area contributed by atoms with Crippen LogP contribution in [0, 0.1) is 33.5 Å². The smallest absolute Gasteiger partial charge is 0.285 e. The predicted molar refractivity (Wildman–Crippen MR) is 178 cm³/mol. The standard InChI is InChI=1S/C37H58N2O4/c1-34(2,3)26-16-24(17-27(22-26)35(4,5)6)20-30(40)32(42)38-14-13-15-39-33(43)31(41)21-25-18-28(36(7,8)9)23-29(19-25)37(10,11)12/h16,18,20-25,40-41H,13-15,17,19H2,1-12H3,(H,38,42)(H,39,43). The number of carbonyl (C=O) groups is 2. The van der Waals surface area contributed by atoms with Crippen LogP contribution in [0.15, 0.2) is 70.3 Å². The summed E-state index contributed by atoms with van der Waals surface area (Å²) < 4.78 is 0. The van der Waals surface area contributed by atoms with E-state index in [9.17, 15) is 19.8 Å². The van der Waals surface area contributed by atoms with Gasteiger partial charge in [-0.1, -0.05) is 119 Å². The third-order valence-electron chi connectivity index (χ3n) is 8.15. The minimum absolute atomic E-state index is 0.00231. The van der Waals surface area contributed by atoms with Crippen molar-refractivity contribution >= 4 is 11.8 Å². The molecule has 6 nitrogen and oxygen atoms in total. The van der Waals surface area contributed by atoms with Crippen molar-refractivity contribution in [2.24, 2.45) is 33.5 Å². The van der Waals surface area contributed by atoms with E-state index in [2.05, 4.69) is 118 Å². The topological polar surface area (TPSA) is 98.7 Å². The Morgan fingerprint density at radius 2 is 0.977 bits per heavy atom. The molecule has 2 aliphatic carbocycles. The van der Waals surface area contributed by atoms with Crippen LogP contribution in [0.3, 0.4) is 0 Å². The molecule has 0 radical (unpaired) electrons. The highest BCUT2D eigenvalue weighted by Crippen LogP contribution is 2.42. The molecule has 2 amide bonds. The van der Waals surface area contributed by atoms with Gasteiger partial charge in [0, 0.05) is 24.9 Å². The van der Waals surface area contributed by atoms with E-state index in [4.69, 9.17) is 0 Å². The number of rotatable bonds is 8. The number of hydrogen-bond donors (Lipinski definition) is 4. The normalized spacial score (nSPS) is 20.9. The highest BCUT2D eigenvalue weighted by Gasteiger charge is 2.29. The molecule has 2 rings (SSSR count). The summed E-state index contributed by atoms with van der Waals surface area (Å²) in [6.45, 7) is 26.6. The van der Waals surface area contributed by atoms with Gasteiger partial charge in [-0.25, -0.2) is 0 Å². The zero-order chi connectivity index (χ0) is 33.0. The molecule has 0 aliphatic heterocycles. The van der Waals surface area contributed by atoms with E-state index >= 15 is 0 Å². The third kappa shape index (κ3) is 11.2. The first kappa shape index (κ1) is 36.2. The fourth-order valence-electron chi connectivity index (χ4n) is 5.10. The minimum Gasteiger partial charge on any atom is -0.503 e. The molecule has 0 aromatic heterocycles. The molecule has 43 heavy (non-hydrogen) atoms. The molecule has 2 aliphatic rings. The van der Waals surface area contributed by atoms with Crippen molar-refractivity contribution in [3.63, 3.8) is 0 Å². The molecule has 2 atom stereocenters. The summed E-state index contributed by atoms with van der Waals surface area (Å²) in [5.74, 6) is -1.80. The van der Waals surface area contributed by atoms with Gasteiger partial charge in [-0.15, -0.1) is 0 Å². The Bertz CT molecular complexity index is 1130. The summed E-state index contributed by atoms with van der Waals surface area (Å²) in [6, 6.07) is 0. The number of amides is 2. The molecule has 0 saturated heterocycles. The van der Waals surface area contributed by atoms with Gasteiger partial charge in [0.2, 0.25) is 0 Å². The average molecular weight is 595 g/mol. The monoisotopic (exact) mass is 594 g/mol. The van der Waals surface area contributed by atoms with E-state index in [1.165, 1.54) is 22.3 Å². The predicted octanol–water partition coefficient (Wildman–Crippen LogP) is 8.42. The van der Waals surface area contributed by atoms with Crippen molar-refractivity contribution < 1.29 is 19.8 Å². The molecular weight excluding hydrogens is 536 g/mol. The van der Waals surface area contributed by atoms with E-state index in [1.54, 1.807) is 12.2 Å². The number of aliphatic hydroxyl groups excluding tert-OH is 2. The van der Waals surface area contributed by atoms with Gasteiger partial charge >= 0.3 is 0 Å². The molecule has 0 aromatic rings. The third-order valence-corrected chi connectivity index (χ3v) is 8.15. The Kier molecular flexibility index (Phi) is 11.6. The lowest BCUT2D eigenvalue weighted by molar-refractivity contribution is -0.120. The first-order valence-corrected chi connectivity index (χ1v) is 15.7. The fraction of sp³-hybridized carbons (Fsp3) is 0.622. The lowest BCUT2D eigenvalue weighted by atomic mass is 9.72. The van der Waals surface area contributed by atoms with Crippen LogP contribution in [-0.4, -0.2) is 35.1 Å². The van der Waals surface area contributed by atoms with Crippen LogP contribution in [0.2, 0.25) is 0 Å². The fourth-order valence-corrected chi connectivity index (χ4v) is 5.10. The Morgan fingerprint density at radius 1 is 0.651 bits per heavy atom. The van der Waals surface area contributed by atoms with E-state index in [0.29, 0.717) is 6.42 Å². The van der Waals surface area contributed by atoms with Crippen LogP contribution in [0.1, 0.15) is 102 Å². The maximum atomic E-state index is 12.6. The van der Waals surface area contributed by atoms with Crippen LogP contribution in [0.25, 0.3) is 0 Å². The molecule has 240 valence electrons. The van der Waals surface area contributed by atoms with Crippen molar-refractivity contribution in [2.75, 3.05) is 13.1 Å². The second-order valence-electron chi connectivity index (χ2n) is 16.3. The summed E-state index contributed by atoms with van der Waals surface area (Å²) in [5.41, 5.74) is 4.91. The summed E-state index contributed by atoms with van der Waals surface area (Å²) in [5, 5.41) is 26.5. The van der Waals surface area contributed by atoms with Gasteiger partial charge in [-0.2, -0.15) is 0 Å². The average Bonchev–Trinajstić information content (AvgIpc) is 2.85. The van der Waals surface area contributed by atoms with Gasteiger partial charge in [-0.3, -0.25) is 9.59 Å². The van der Waals surface area contributed by atoms with Crippen molar-refractivity contribution in [3.05, 3.63) is 70.3 Å². The number of carbonyl (C=O) groups excluding carboxylic acids is 2. The molecule has 2 unspecified atom stereocenters. The number of allylic oxidation sites excluding steroid dienone is 10. The van der Waals surface area contributed by atoms with E-state index < -0.39 is 11.8 Å². The largest absolute Gasteiger partial charge is 0.503 e. The van der Waals surface area contributed by atoms with Crippen LogP contribution < -0.4 is 10.6 Å². The van der Waals surface area contributed by atoms with Crippen molar-refractivity contribution in [1.82, 2.24) is 10.6 Å². The van der Waals surface area contributed by atoms with Gasteiger partial charge in [0.1, 0.15) is 0 Å². The quantitative estimate of drug-likeness (QED) is 0.129. The Morgan fingerprint density at radius 3 is 1.26 bits per heavy atom. The van der Waals surface area contributed by atoms with Gasteiger partial charge in [0.05, 0.1) is 0 Å². The van der Waals surface area contributed by atoms with Crippen LogP contribution in [0.5, 0.6) is 0 Å². The van der Waals surface area contributed by atoms with E-state index in [1.807, 2.05) is 0 Å².